The normalized spacial score (nSPS) is 12.4. The molecule has 3 aromatic rings. The lowest BCUT2D eigenvalue weighted by molar-refractivity contribution is 0.517. The maximum Gasteiger partial charge on any atom is 0.126 e. The molecule has 0 N–H and O–H groups in total. The van der Waals surface area contributed by atoms with Gasteiger partial charge >= 0.3 is 0 Å². The number of allylic oxidation sites excluding steroid dienone is 1. The predicted octanol–water partition coefficient (Wildman–Crippen LogP) is 3.54. The van der Waals surface area contributed by atoms with Gasteiger partial charge in [-0.3, -0.25) is 0 Å². The number of fused-ring (bicyclic) bond motifs is 1. The number of halogens is 1. The first-order valence-corrected chi connectivity index (χ1v) is 6.45. The van der Waals surface area contributed by atoms with Crippen molar-refractivity contribution in [3.8, 4) is 0 Å². The van der Waals surface area contributed by atoms with E-state index in [1.807, 2.05) is 30.3 Å². The summed E-state index contributed by atoms with van der Waals surface area (Å²) >= 11 is 0. The Morgan fingerprint density at radius 2 is 1.90 bits per heavy atom. The van der Waals surface area contributed by atoms with Gasteiger partial charge in [0.15, 0.2) is 0 Å². The van der Waals surface area contributed by atoms with E-state index in [4.69, 9.17) is 0 Å². The Morgan fingerprint density at radius 1 is 1.15 bits per heavy atom. The van der Waals surface area contributed by atoms with E-state index in [0.717, 1.165) is 11.0 Å². The minimum Gasteiger partial charge on any atom is -0.237 e. The van der Waals surface area contributed by atoms with E-state index in [1.165, 1.54) is 6.07 Å². The summed E-state index contributed by atoms with van der Waals surface area (Å²) in [6.07, 6.45) is 2.27. The Bertz CT molecular complexity index is 748. The highest BCUT2D eigenvalue weighted by atomic mass is 19.1. The average Bonchev–Trinajstić information content (AvgIpc) is 2.90. The minimum atomic E-state index is -0.205. The second-order valence-corrected chi connectivity index (χ2v) is 4.62. The molecular weight excluding hydrogens is 253 g/mol. The van der Waals surface area contributed by atoms with Crippen molar-refractivity contribution in [2.75, 3.05) is 0 Å². The first kappa shape index (κ1) is 12.5. The van der Waals surface area contributed by atoms with E-state index in [9.17, 15) is 4.39 Å². The minimum absolute atomic E-state index is 0.126. The van der Waals surface area contributed by atoms with Crippen LogP contribution in [0.1, 0.15) is 11.6 Å². The molecule has 0 fully saturated rings. The average molecular weight is 267 g/mol. The summed E-state index contributed by atoms with van der Waals surface area (Å²) in [6.45, 7) is 3.84. The summed E-state index contributed by atoms with van der Waals surface area (Å²) in [5, 5.41) is 8.29. The predicted molar refractivity (Wildman–Crippen MR) is 76.9 cm³/mol. The van der Waals surface area contributed by atoms with Gasteiger partial charge in [-0.2, -0.15) is 0 Å². The molecule has 2 aromatic carbocycles. The van der Waals surface area contributed by atoms with E-state index < -0.39 is 0 Å². The molecule has 0 saturated carbocycles. The van der Waals surface area contributed by atoms with Crippen LogP contribution in [0, 0.1) is 5.82 Å². The van der Waals surface area contributed by atoms with Crippen molar-refractivity contribution in [2.45, 2.75) is 12.5 Å². The monoisotopic (exact) mass is 267 g/mol. The Kier molecular flexibility index (Phi) is 3.29. The second kappa shape index (κ2) is 5.25. The molecule has 0 amide bonds. The first-order chi connectivity index (χ1) is 9.79. The topological polar surface area (TPSA) is 30.7 Å². The summed E-state index contributed by atoms with van der Waals surface area (Å²) in [7, 11) is 0. The molecule has 100 valence electrons. The van der Waals surface area contributed by atoms with E-state index in [0.29, 0.717) is 12.0 Å². The molecule has 0 spiro atoms. The number of rotatable bonds is 4. The summed E-state index contributed by atoms with van der Waals surface area (Å²) in [5.41, 5.74) is 2.40. The smallest absolute Gasteiger partial charge is 0.126 e. The van der Waals surface area contributed by atoms with Gasteiger partial charge in [-0.15, -0.1) is 11.7 Å². The van der Waals surface area contributed by atoms with Gasteiger partial charge in [-0.05, 0) is 23.8 Å². The molecule has 1 atom stereocenters. The molecular formula is C16H14FN3. The Hall–Kier alpha value is -2.49. The van der Waals surface area contributed by atoms with Crippen LogP contribution in [-0.2, 0) is 6.42 Å². The zero-order valence-corrected chi connectivity index (χ0v) is 10.9. The van der Waals surface area contributed by atoms with Gasteiger partial charge in [0.2, 0.25) is 0 Å². The SMILES string of the molecule is C=CC(Cc1ccccc1F)n1nnc2ccccc21. The van der Waals surface area contributed by atoms with Crippen LogP contribution < -0.4 is 0 Å². The Labute approximate surface area is 116 Å². The number of benzene rings is 2. The Morgan fingerprint density at radius 3 is 2.70 bits per heavy atom. The molecule has 0 aliphatic carbocycles. The third-order valence-electron chi connectivity index (χ3n) is 3.35. The number of aromatic nitrogens is 3. The highest BCUT2D eigenvalue weighted by molar-refractivity contribution is 5.74. The maximum absolute atomic E-state index is 13.8. The highest BCUT2D eigenvalue weighted by Gasteiger charge is 2.14. The molecule has 1 unspecified atom stereocenters. The summed E-state index contributed by atoms with van der Waals surface area (Å²) in [6, 6.07) is 14.4. The van der Waals surface area contributed by atoms with Crippen LogP contribution in [-0.4, -0.2) is 15.0 Å². The van der Waals surface area contributed by atoms with Crippen molar-refractivity contribution in [1.29, 1.82) is 0 Å². The lowest BCUT2D eigenvalue weighted by Gasteiger charge is -2.14. The van der Waals surface area contributed by atoms with Gasteiger partial charge in [0.05, 0.1) is 11.6 Å². The molecule has 0 aliphatic heterocycles. The molecule has 20 heavy (non-hydrogen) atoms. The zero-order chi connectivity index (χ0) is 13.9. The third-order valence-corrected chi connectivity index (χ3v) is 3.35. The molecule has 0 aliphatic rings. The highest BCUT2D eigenvalue weighted by Crippen LogP contribution is 2.21. The van der Waals surface area contributed by atoms with Crippen molar-refractivity contribution >= 4 is 11.0 Å². The fourth-order valence-electron chi connectivity index (χ4n) is 2.29. The standard InChI is InChI=1S/C16H14FN3/c1-2-13(11-12-7-3-4-8-14(12)17)20-16-10-6-5-9-15(16)18-19-20/h2-10,13H,1,11H2. The summed E-state index contributed by atoms with van der Waals surface area (Å²) in [4.78, 5) is 0. The van der Waals surface area contributed by atoms with Crippen molar-refractivity contribution in [1.82, 2.24) is 15.0 Å². The van der Waals surface area contributed by atoms with E-state index in [-0.39, 0.29) is 11.9 Å². The van der Waals surface area contributed by atoms with E-state index in [2.05, 4.69) is 16.9 Å². The van der Waals surface area contributed by atoms with Crippen molar-refractivity contribution < 1.29 is 4.39 Å². The number of hydrogen-bond acceptors (Lipinski definition) is 2. The van der Waals surface area contributed by atoms with Crippen LogP contribution in [0.25, 0.3) is 11.0 Å². The molecule has 3 rings (SSSR count). The molecule has 0 saturated heterocycles. The molecule has 1 heterocycles. The maximum atomic E-state index is 13.8. The lowest BCUT2D eigenvalue weighted by atomic mass is 10.1. The molecule has 1 aromatic heterocycles. The van der Waals surface area contributed by atoms with Crippen LogP contribution in [0.15, 0.2) is 61.2 Å². The molecule has 4 heteroatoms. The summed E-state index contributed by atoms with van der Waals surface area (Å²) < 4.78 is 15.5. The van der Waals surface area contributed by atoms with E-state index in [1.54, 1.807) is 22.9 Å². The number of nitrogens with zero attached hydrogens (tertiary/aromatic N) is 3. The number of hydrogen-bond donors (Lipinski definition) is 0. The molecule has 0 bridgehead atoms. The lowest BCUT2D eigenvalue weighted by Crippen LogP contribution is -2.12. The van der Waals surface area contributed by atoms with Crippen molar-refractivity contribution in [2.24, 2.45) is 0 Å². The van der Waals surface area contributed by atoms with Gasteiger partial charge in [0, 0.05) is 6.42 Å². The van der Waals surface area contributed by atoms with Gasteiger partial charge in [-0.25, -0.2) is 9.07 Å². The third kappa shape index (κ3) is 2.20. The zero-order valence-electron chi connectivity index (χ0n) is 10.9. The van der Waals surface area contributed by atoms with Crippen LogP contribution in [0.3, 0.4) is 0 Å². The van der Waals surface area contributed by atoms with Crippen LogP contribution >= 0.6 is 0 Å². The molecule has 3 nitrogen and oxygen atoms in total. The fraction of sp³-hybridized carbons (Fsp3) is 0.125. The van der Waals surface area contributed by atoms with Gasteiger partial charge in [0.25, 0.3) is 0 Å². The summed E-state index contributed by atoms with van der Waals surface area (Å²) in [5.74, 6) is -0.205. The van der Waals surface area contributed by atoms with Gasteiger partial charge < -0.3 is 0 Å². The molecule has 0 radical (unpaired) electrons. The first-order valence-electron chi connectivity index (χ1n) is 6.45. The van der Waals surface area contributed by atoms with Crippen LogP contribution in [0.5, 0.6) is 0 Å². The van der Waals surface area contributed by atoms with Crippen molar-refractivity contribution in [3.05, 3.63) is 72.6 Å². The van der Waals surface area contributed by atoms with Gasteiger partial charge in [0.1, 0.15) is 11.3 Å². The second-order valence-electron chi connectivity index (χ2n) is 4.62. The van der Waals surface area contributed by atoms with Crippen LogP contribution in [0.2, 0.25) is 0 Å². The van der Waals surface area contributed by atoms with Gasteiger partial charge in [-0.1, -0.05) is 41.6 Å². The van der Waals surface area contributed by atoms with E-state index >= 15 is 0 Å². The largest absolute Gasteiger partial charge is 0.237 e. The fourth-order valence-corrected chi connectivity index (χ4v) is 2.29. The van der Waals surface area contributed by atoms with Crippen molar-refractivity contribution in [3.63, 3.8) is 0 Å². The quantitative estimate of drug-likeness (QED) is 0.677. The van der Waals surface area contributed by atoms with Crippen LogP contribution in [0.4, 0.5) is 4.39 Å². The Balaban J connectivity index is 1.98. The number of para-hydroxylation sites is 1.